The predicted octanol–water partition coefficient (Wildman–Crippen LogP) is 5.71. The fourth-order valence-electron chi connectivity index (χ4n) is 2.63. The molecule has 3 aromatic rings. The van der Waals surface area contributed by atoms with Crippen LogP contribution in [0.4, 0.5) is 13.2 Å². The molecule has 0 spiro atoms. The average molecular weight is 392 g/mol. The van der Waals surface area contributed by atoms with Crippen LogP contribution < -0.4 is 0 Å². The minimum absolute atomic E-state index is 0.115. The predicted molar refractivity (Wildman–Crippen MR) is 95.9 cm³/mol. The number of aromatic nitrogens is 1. The molecule has 3 nitrogen and oxygen atoms in total. The molecule has 0 atom stereocenters. The second-order valence-corrected chi connectivity index (χ2v) is 6.37. The van der Waals surface area contributed by atoms with Gasteiger partial charge in [0.25, 0.3) is 0 Å². The van der Waals surface area contributed by atoms with Crippen molar-refractivity contribution in [3.8, 4) is 11.3 Å². The quantitative estimate of drug-likeness (QED) is 0.619. The zero-order chi connectivity index (χ0) is 19.6. The van der Waals surface area contributed by atoms with Crippen LogP contribution in [0.1, 0.15) is 27.2 Å². The summed E-state index contributed by atoms with van der Waals surface area (Å²) in [5.74, 6) is -1.06. The van der Waals surface area contributed by atoms with Gasteiger partial charge in [0, 0.05) is 10.6 Å². The van der Waals surface area contributed by atoms with Gasteiger partial charge in [0.1, 0.15) is 5.69 Å². The molecule has 1 heterocycles. The zero-order valence-corrected chi connectivity index (χ0v) is 14.6. The van der Waals surface area contributed by atoms with E-state index in [1.165, 1.54) is 12.1 Å². The third-order valence-corrected chi connectivity index (χ3v) is 4.14. The van der Waals surface area contributed by atoms with E-state index in [9.17, 15) is 18.0 Å². The maximum atomic E-state index is 13.3. The van der Waals surface area contributed by atoms with Crippen molar-refractivity contribution in [3.05, 3.63) is 88.1 Å². The van der Waals surface area contributed by atoms with Gasteiger partial charge in [-0.1, -0.05) is 35.9 Å². The molecule has 0 radical (unpaired) electrons. The molecule has 0 fully saturated rings. The van der Waals surface area contributed by atoms with Crippen LogP contribution in [-0.2, 0) is 12.6 Å². The van der Waals surface area contributed by atoms with Crippen molar-refractivity contribution in [2.45, 2.75) is 12.6 Å². The smallest absolute Gasteiger partial charge is 0.433 e. The molecule has 0 saturated heterocycles. The van der Waals surface area contributed by atoms with E-state index in [0.29, 0.717) is 21.7 Å². The van der Waals surface area contributed by atoms with Gasteiger partial charge in [-0.2, -0.15) is 13.2 Å². The first kappa shape index (κ1) is 18.9. The van der Waals surface area contributed by atoms with Crippen molar-refractivity contribution < 1.29 is 23.1 Å². The molecule has 2 aromatic carbocycles. The Labute approximate surface area is 158 Å². The molecule has 7 heteroatoms. The van der Waals surface area contributed by atoms with Gasteiger partial charge in [-0.25, -0.2) is 9.78 Å². The maximum absolute atomic E-state index is 13.3. The Morgan fingerprint density at radius 1 is 1.00 bits per heavy atom. The van der Waals surface area contributed by atoms with Gasteiger partial charge < -0.3 is 5.11 Å². The Balaban J connectivity index is 2.01. The van der Waals surface area contributed by atoms with Crippen molar-refractivity contribution in [2.24, 2.45) is 0 Å². The summed E-state index contributed by atoms with van der Waals surface area (Å²) in [6.07, 6.45) is -4.38. The van der Waals surface area contributed by atoms with Crippen LogP contribution in [0.25, 0.3) is 11.3 Å². The molecule has 0 amide bonds. The largest absolute Gasteiger partial charge is 0.478 e. The molecule has 1 N–H and O–H groups in total. The van der Waals surface area contributed by atoms with Gasteiger partial charge >= 0.3 is 12.1 Å². The average Bonchev–Trinajstić information content (AvgIpc) is 2.61. The number of pyridine rings is 1. The van der Waals surface area contributed by atoms with Gasteiger partial charge in [0.15, 0.2) is 0 Å². The summed E-state index contributed by atoms with van der Waals surface area (Å²) in [4.78, 5) is 14.6. The maximum Gasteiger partial charge on any atom is 0.433 e. The summed E-state index contributed by atoms with van der Waals surface area (Å²) < 4.78 is 39.8. The third-order valence-electron chi connectivity index (χ3n) is 3.91. The lowest BCUT2D eigenvalue weighted by Crippen LogP contribution is -2.10. The van der Waals surface area contributed by atoms with E-state index in [1.807, 2.05) is 0 Å². The van der Waals surface area contributed by atoms with Crippen LogP contribution in [-0.4, -0.2) is 16.1 Å². The first-order valence-electron chi connectivity index (χ1n) is 7.89. The molecule has 0 saturated carbocycles. The van der Waals surface area contributed by atoms with Crippen molar-refractivity contribution in [1.29, 1.82) is 0 Å². The van der Waals surface area contributed by atoms with Crippen LogP contribution in [0.15, 0.2) is 60.7 Å². The fourth-order valence-corrected chi connectivity index (χ4v) is 2.82. The van der Waals surface area contributed by atoms with Crippen molar-refractivity contribution in [1.82, 2.24) is 4.98 Å². The number of carboxylic acids is 1. The number of alkyl halides is 3. The Morgan fingerprint density at radius 3 is 2.30 bits per heavy atom. The van der Waals surface area contributed by atoms with Gasteiger partial charge in [0.2, 0.25) is 0 Å². The molecule has 27 heavy (non-hydrogen) atoms. The zero-order valence-electron chi connectivity index (χ0n) is 13.8. The first-order chi connectivity index (χ1) is 12.7. The summed E-state index contributed by atoms with van der Waals surface area (Å²) >= 11 is 5.94. The number of nitrogens with zero attached hydrogens (tertiary/aromatic N) is 1. The summed E-state index contributed by atoms with van der Waals surface area (Å²) in [6.45, 7) is 0. The van der Waals surface area contributed by atoms with E-state index in [4.69, 9.17) is 16.7 Å². The van der Waals surface area contributed by atoms with Crippen molar-refractivity contribution in [3.63, 3.8) is 0 Å². The highest BCUT2D eigenvalue weighted by Crippen LogP contribution is 2.32. The minimum Gasteiger partial charge on any atom is -0.478 e. The van der Waals surface area contributed by atoms with E-state index in [0.717, 1.165) is 6.07 Å². The fraction of sp³-hybridized carbons (Fsp3) is 0.100. The van der Waals surface area contributed by atoms with E-state index in [1.54, 1.807) is 42.5 Å². The Morgan fingerprint density at radius 2 is 1.70 bits per heavy atom. The molecule has 1 aromatic heterocycles. The lowest BCUT2D eigenvalue weighted by molar-refractivity contribution is -0.141. The second kappa shape index (κ2) is 7.40. The number of rotatable bonds is 4. The number of hydrogen-bond acceptors (Lipinski definition) is 2. The van der Waals surface area contributed by atoms with Crippen LogP contribution in [0, 0.1) is 0 Å². The number of carboxylic acid groups (broad SMARTS) is 1. The molecule has 0 unspecified atom stereocenters. The summed E-state index contributed by atoms with van der Waals surface area (Å²) in [6, 6.07) is 15.0. The van der Waals surface area contributed by atoms with E-state index >= 15 is 0 Å². The second-order valence-electron chi connectivity index (χ2n) is 5.93. The highest BCUT2D eigenvalue weighted by molar-refractivity contribution is 6.30. The molecular formula is C20H13ClF3NO2. The number of carbonyl (C=O) groups is 1. The van der Waals surface area contributed by atoms with Crippen LogP contribution in [0.5, 0.6) is 0 Å². The van der Waals surface area contributed by atoms with E-state index in [2.05, 4.69) is 4.98 Å². The van der Waals surface area contributed by atoms with Gasteiger partial charge in [-0.3, -0.25) is 0 Å². The highest BCUT2D eigenvalue weighted by Gasteiger charge is 2.33. The normalized spacial score (nSPS) is 11.4. The topological polar surface area (TPSA) is 50.2 Å². The van der Waals surface area contributed by atoms with Crippen molar-refractivity contribution >= 4 is 17.6 Å². The first-order valence-corrected chi connectivity index (χ1v) is 8.26. The van der Waals surface area contributed by atoms with E-state index in [-0.39, 0.29) is 17.7 Å². The van der Waals surface area contributed by atoms with Crippen LogP contribution in [0.3, 0.4) is 0 Å². The molecule has 0 aliphatic carbocycles. The third kappa shape index (κ3) is 4.65. The Kier molecular flexibility index (Phi) is 5.19. The molecule has 0 aliphatic rings. The molecule has 0 aliphatic heterocycles. The number of benzene rings is 2. The standard InChI is InChI=1S/C20H13ClF3NO2/c21-16-3-1-2-15(11-16)17-9-13(10-18(25-17)20(22,23)24)8-12-4-6-14(7-5-12)19(26)27/h1-7,9-11H,8H2,(H,26,27). The molecule has 138 valence electrons. The summed E-state index contributed by atoms with van der Waals surface area (Å²) in [7, 11) is 0. The lowest BCUT2D eigenvalue weighted by Gasteiger charge is -2.12. The van der Waals surface area contributed by atoms with Gasteiger partial charge in [-0.05, 0) is 53.9 Å². The van der Waals surface area contributed by atoms with E-state index < -0.39 is 17.8 Å². The molecular weight excluding hydrogens is 379 g/mol. The number of hydrogen-bond donors (Lipinski definition) is 1. The van der Waals surface area contributed by atoms with Gasteiger partial charge in [-0.15, -0.1) is 0 Å². The summed E-state index contributed by atoms with van der Waals surface area (Å²) in [5.41, 5.74) is 0.883. The summed E-state index contributed by atoms with van der Waals surface area (Å²) in [5, 5.41) is 9.33. The van der Waals surface area contributed by atoms with Crippen LogP contribution in [0.2, 0.25) is 5.02 Å². The minimum atomic E-state index is -4.59. The SMILES string of the molecule is O=C(O)c1ccc(Cc2cc(-c3cccc(Cl)c3)nc(C(F)(F)F)c2)cc1. The monoisotopic (exact) mass is 391 g/mol. The Hall–Kier alpha value is -2.86. The van der Waals surface area contributed by atoms with Gasteiger partial charge in [0.05, 0.1) is 11.3 Å². The highest BCUT2D eigenvalue weighted by atomic mass is 35.5. The lowest BCUT2D eigenvalue weighted by atomic mass is 10.0. The van der Waals surface area contributed by atoms with Crippen molar-refractivity contribution in [2.75, 3.05) is 0 Å². The Bertz CT molecular complexity index is 985. The van der Waals surface area contributed by atoms with Crippen LogP contribution >= 0.6 is 11.6 Å². The number of aromatic carboxylic acids is 1. The number of halogens is 4. The molecule has 3 rings (SSSR count). The molecule has 0 bridgehead atoms.